The van der Waals surface area contributed by atoms with E-state index < -0.39 is 0 Å². The fourth-order valence-corrected chi connectivity index (χ4v) is 4.14. The molecule has 1 aromatic rings. The summed E-state index contributed by atoms with van der Waals surface area (Å²) in [6, 6.07) is 1.09. The molecule has 1 heterocycles. The van der Waals surface area contributed by atoms with Gasteiger partial charge in [-0.2, -0.15) is 0 Å². The van der Waals surface area contributed by atoms with Gasteiger partial charge in [-0.15, -0.1) is 11.3 Å². The Hall–Kier alpha value is -0.410. The van der Waals surface area contributed by atoms with E-state index in [0.717, 1.165) is 5.69 Å². The summed E-state index contributed by atoms with van der Waals surface area (Å²) >= 11 is 1.80. The van der Waals surface area contributed by atoms with Crippen molar-refractivity contribution in [3.8, 4) is 0 Å². The van der Waals surface area contributed by atoms with E-state index >= 15 is 0 Å². The Balaban J connectivity index is 1.82. The molecule has 21 heavy (non-hydrogen) atoms. The summed E-state index contributed by atoms with van der Waals surface area (Å²) in [6.07, 6.45) is 15.5. The predicted octanol–water partition coefficient (Wildman–Crippen LogP) is 5.78. The highest BCUT2D eigenvalue weighted by Crippen LogP contribution is 2.22. The van der Waals surface area contributed by atoms with Crippen molar-refractivity contribution in [3.05, 3.63) is 16.1 Å². The molecule has 1 N–H and O–H groups in total. The number of thiazole rings is 1. The molecule has 3 heteroatoms. The second-order valence-electron chi connectivity index (χ2n) is 6.67. The lowest BCUT2D eigenvalue weighted by Crippen LogP contribution is -2.31. The smallest absolute Gasteiger partial charge is 0.110 e. The molecule has 1 fully saturated rings. The molecule has 0 aromatic carbocycles. The van der Waals surface area contributed by atoms with Gasteiger partial charge in [0.15, 0.2) is 0 Å². The van der Waals surface area contributed by atoms with Gasteiger partial charge in [0.2, 0.25) is 0 Å². The minimum absolute atomic E-state index is 0.404. The number of aromatic nitrogens is 1. The van der Waals surface area contributed by atoms with E-state index in [0.29, 0.717) is 12.1 Å². The summed E-state index contributed by atoms with van der Waals surface area (Å²) in [5, 5.41) is 7.26. The highest BCUT2D eigenvalue weighted by Gasteiger charge is 2.15. The third-order valence-electron chi connectivity index (χ3n) is 4.60. The number of hydrogen-bond donors (Lipinski definition) is 1. The molecule has 0 radical (unpaired) electrons. The number of hydrogen-bond acceptors (Lipinski definition) is 3. The summed E-state index contributed by atoms with van der Waals surface area (Å²) in [4.78, 5) is 4.63. The fourth-order valence-electron chi connectivity index (χ4n) is 3.33. The standard InChI is InChI=1S/C18H32N2S/c1-15-14-21-18(19-15)16(2)20-17-12-10-8-6-4-3-5-7-9-11-13-17/h14,16-17,20H,3-13H2,1-2H3. The van der Waals surface area contributed by atoms with Crippen LogP contribution in [0.3, 0.4) is 0 Å². The van der Waals surface area contributed by atoms with Crippen molar-refractivity contribution < 1.29 is 0 Å². The summed E-state index contributed by atoms with van der Waals surface area (Å²) in [7, 11) is 0. The van der Waals surface area contributed by atoms with Gasteiger partial charge >= 0.3 is 0 Å². The van der Waals surface area contributed by atoms with Crippen LogP contribution in [0.4, 0.5) is 0 Å². The van der Waals surface area contributed by atoms with Gasteiger partial charge in [0, 0.05) is 17.1 Å². The SMILES string of the molecule is Cc1csc(C(C)NC2CCCCCCCCCCC2)n1. The van der Waals surface area contributed by atoms with E-state index in [-0.39, 0.29) is 0 Å². The average Bonchev–Trinajstić information content (AvgIpc) is 2.88. The lowest BCUT2D eigenvalue weighted by atomic mass is 9.97. The minimum atomic E-state index is 0.404. The molecule has 1 atom stereocenters. The molecular formula is C18H32N2S. The fraction of sp³-hybridized carbons (Fsp3) is 0.833. The molecule has 120 valence electrons. The van der Waals surface area contributed by atoms with E-state index in [1.165, 1.54) is 75.6 Å². The lowest BCUT2D eigenvalue weighted by Gasteiger charge is -2.23. The number of nitrogens with zero attached hydrogens (tertiary/aromatic N) is 1. The highest BCUT2D eigenvalue weighted by atomic mass is 32.1. The molecule has 1 aliphatic carbocycles. The van der Waals surface area contributed by atoms with Crippen LogP contribution in [0.15, 0.2) is 5.38 Å². The monoisotopic (exact) mass is 308 g/mol. The van der Waals surface area contributed by atoms with Crippen LogP contribution < -0.4 is 5.32 Å². The first kappa shape index (κ1) is 17.0. The Bertz CT molecular complexity index is 376. The second-order valence-corrected chi connectivity index (χ2v) is 7.56. The molecule has 1 unspecified atom stereocenters. The molecule has 2 nitrogen and oxygen atoms in total. The Morgan fingerprint density at radius 3 is 2.00 bits per heavy atom. The molecule has 0 amide bonds. The van der Waals surface area contributed by atoms with Crippen LogP contribution in [-0.4, -0.2) is 11.0 Å². The van der Waals surface area contributed by atoms with Gasteiger partial charge in [-0.25, -0.2) is 4.98 Å². The Morgan fingerprint density at radius 2 is 1.52 bits per heavy atom. The molecule has 2 rings (SSSR count). The maximum atomic E-state index is 4.63. The molecule has 0 saturated heterocycles. The van der Waals surface area contributed by atoms with E-state index in [4.69, 9.17) is 0 Å². The van der Waals surface area contributed by atoms with Gasteiger partial charge in [-0.3, -0.25) is 0 Å². The van der Waals surface area contributed by atoms with Crippen molar-refractivity contribution in [2.24, 2.45) is 0 Å². The number of aryl methyl sites for hydroxylation is 1. The summed E-state index contributed by atoms with van der Waals surface area (Å²) < 4.78 is 0. The summed E-state index contributed by atoms with van der Waals surface area (Å²) in [5.41, 5.74) is 1.15. The van der Waals surface area contributed by atoms with Crippen LogP contribution in [-0.2, 0) is 0 Å². The maximum Gasteiger partial charge on any atom is 0.110 e. The average molecular weight is 309 g/mol. The Morgan fingerprint density at radius 1 is 1.00 bits per heavy atom. The third kappa shape index (κ3) is 6.48. The van der Waals surface area contributed by atoms with Crippen LogP contribution in [0.5, 0.6) is 0 Å². The molecule has 1 aliphatic rings. The topological polar surface area (TPSA) is 24.9 Å². The quantitative estimate of drug-likeness (QED) is 0.766. The lowest BCUT2D eigenvalue weighted by molar-refractivity contribution is 0.374. The third-order valence-corrected chi connectivity index (χ3v) is 5.74. The van der Waals surface area contributed by atoms with Gasteiger partial charge in [0.05, 0.1) is 6.04 Å². The molecule has 1 aromatic heterocycles. The second kappa shape index (κ2) is 9.58. The van der Waals surface area contributed by atoms with Gasteiger partial charge in [-0.1, -0.05) is 57.8 Å². The highest BCUT2D eigenvalue weighted by molar-refractivity contribution is 7.09. The largest absolute Gasteiger partial charge is 0.305 e. The van der Waals surface area contributed by atoms with E-state index in [1.54, 1.807) is 11.3 Å². The van der Waals surface area contributed by atoms with Crippen LogP contribution in [0, 0.1) is 6.92 Å². The van der Waals surface area contributed by atoms with Crippen molar-refractivity contribution in [1.82, 2.24) is 10.3 Å². The van der Waals surface area contributed by atoms with Crippen molar-refractivity contribution in [3.63, 3.8) is 0 Å². The van der Waals surface area contributed by atoms with E-state index in [2.05, 4.69) is 29.5 Å². The van der Waals surface area contributed by atoms with Crippen molar-refractivity contribution in [1.29, 1.82) is 0 Å². The van der Waals surface area contributed by atoms with Crippen LogP contribution >= 0.6 is 11.3 Å². The molecule has 1 saturated carbocycles. The number of rotatable bonds is 3. The molecule has 0 bridgehead atoms. The van der Waals surface area contributed by atoms with Crippen LogP contribution in [0.2, 0.25) is 0 Å². The molecule has 0 spiro atoms. The summed E-state index contributed by atoms with van der Waals surface area (Å²) in [6.45, 7) is 4.36. The Kier molecular flexibility index (Phi) is 7.73. The zero-order valence-corrected chi connectivity index (χ0v) is 14.7. The van der Waals surface area contributed by atoms with Crippen LogP contribution in [0.25, 0.3) is 0 Å². The number of nitrogens with one attached hydrogen (secondary N) is 1. The van der Waals surface area contributed by atoms with Crippen molar-refractivity contribution in [2.45, 2.75) is 96.6 Å². The van der Waals surface area contributed by atoms with Gasteiger partial charge < -0.3 is 5.32 Å². The first-order valence-electron chi connectivity index (χ1n) is 8.94. The summed E-state index contributed by atoms with van der Waals surface area (Å²) in [5.74, 6) is 0. The van der Waals surface area contributed by atoms with E-state index in [1.807, 2.05) is 0 Å². The zero-order valence-electron chi connectivity index (χ0n) is 13.9. The van der Waals surface area contributed by atoms with Crippen molar-refractivity contribution in [2.75, 3.05) is 0 Å². The zero-order chi connectivity index (χ0) is 14.9. The van der Waals surface area contributed by atoms with E-state index in [9.17, 15) is 0 Å². The van der Waals surface area contributed by atoms with Crippen LogP contribution in [0.1, 0.15) is 94.3 Å². The minimum Gasteiger partial charge on any atom is -0.305 e. The van der Waals surface area contributed by atoms with Gasteiger partial charge in [0.1, 0.15) is 5.01 Å². The first-order valence-corrected chi connectivity index (χ1v) is 9.82. The molecule has 0 aliphatic heterocycles. The predicted molar refractivity (Wildman–Crippen MR) is 93.0 cm³/mol. The van der Waals surface area contributed by atoms with Gasteiger partial charge in [0.25, 0.3) is 0 Å². The normalized spacial score (nSPS) is 21.4. The first-order chi connectivity index (χ1) is 10.3. The van der Waals surface area contributed by atoms with Gasteiger partial charge in [-0.05, 0) is 26.7 Å². The Labute approximate surface area is 134 Å². The maximum absolute atomic E-state index is 4.63. The molecular weight excluding hydrogens is 276 g/mol. The van der Waals surface area contributed by atoms with Crippen molar-refractivity contribution >= 4 is 11.3 Å².